The first-order valence-corrected chi connectivity index (χ1v) is 13.1. The monoisotopic (exact) mass is 505 g/mol. The van der Waals surface area contributed by atoms with E-state index >= 15 is 0 Å². The van der Waals surface area contributed by atoms with Crippen LogP contribution in [0, 0.1) is 6.92 Å². The summed E-state index contributed by atoms with van der Waals surface area (Å²) in [7, 11) is -3.80. The molecule has 1 aliphatic heterocycles. The van der Waals surface area contributed by atoms with Crippen molar-refractivity contribution in [3.05, 3.63) is 57.9 Å². The second kappa shape index (κ2) is 9.58. The lowest BCUT2D eigenvalue weighted by molar-refractivity contribution is -0.119. The molecule has 1 saturated heterocycles. The number of halogens is 1. The number of rotatable bonds is 7. The Morgan fingerprint density at radius 1 is 1.21 bits per heavy atom. The summed E-state index contributed by atoms with van der Waals surface area (Å²) in [6.07, 6.45) is 0.867. The number of aromatic nitrogens is 1. The van der Waals surface area contributed by atoms with Gasteiger partial charge in [0.25, 0.3) is 10.0 Å². The molecule has 1 atom stereocenters. The summed E-state index contributed by atoms with van der Waals surface area (Å²) >= 11 is 7.76. The number of hydrogen-bond donors (Lipinski definition) is 3. The predicted octanol–water partition coefficient (Wildman–Crippen LogP) is 4.36. The molecule has 8 nitrogen and oxygen atoms in total. The molecule has 2 aromatic carbocycles. The van der Waals surface area contributed by atoms with Crippen LogP contribution in [0.15, 0.2) is 52.2 Å². The Hall–Kier alpha value is -2.82. The lowest BCUT2D eigenvalue weighted by Gasteiger charge is -2.24. The number of thiazole rings is 1. The Bertz CT molecular complexity index is 1270. The van der Waals surface area contributed by atoms with Gasteiger partial charge in [-0.1, -0.05) is 17.7 Å². The summed E-state index contributed by atoms with van der Waals surface area (Å²) in [6, 6.07) is 10.7. The lowest BCUT2D eigenvalue weighted by Crippen LogP contribution is -2.35. The quantitative estimate of drug-likeness (QED) is 0.440. The van der Waals surface area contributed by atoms with E-state index in [4.69, 9.17) is 11.6 Å². The highest BCUT2D eigenvalue weighted by atomic mass is 35.5. The van der Waals surface area contributed by atoms with Crippen molar-refractivity contribution in [2.45, 2.75) is 31.2 Å². The van der Waals surface area contributed by atoms with Gasteiger partial charge < -0.3 is 15.5 Å². The molecule has 33 heavy (non-hydrogen) atoms. The van der Waals surface area contributed by atoms with Crippen LogP contribution in [0.3, 0.4) is 0 Å². The van der Waals surface area contributed by atoms with Crippen LogP contribution in [-0.4, -0.2) is 38.4 Å². The summed E-state index contributed by atoms with van der Waals surface area (Å²) in [5, 5.41) is 8.21. The Labute approximate surface area is 202 Å². The van der Waals surface area contributed by atoms with Crippen molar-refractivity contribution in [2.75, 3.05) is 28.0 Å². The van der Waals surface area contributed by atoms with Crippen molar-refractivity contribution in [1.82, 2.24) is 10.3 Å². The highest BCUT2D eigenvalue weighted by molar-refractivity contribution is 7.92. The molecule has 1 aromatic heterocycles. The number of anilines is 4. The molecule has 174 valence electrons. The number of nitrogens with zero attached hydrogens (tertiary/aromatic N) is 2. The smallest absolute Gasteiger partial charge is 0.263 e. The van der Waals surface area contributed by atoms with Gasteiger partial charge in [0.05, 0.1) is 32.5 Å². The molecule has 0 unspecified atom stereocenters. The van der Waals surface area contributed by atoms with Crippen molar-refractivity contribution in [3.63, 3.8) is 0 Å². The Morgan fingerprint density at radius 2 is 2.00 bits per heavy atom. The molecule has 4 rings (SSSR count). The van der Waals surface area contributed by atoms with Crippen molar-refractivity contribution in [3.8, 4) is 0 Å². The minimum atomic E-state index is -3.80. The largest absolute Gasteiger partial charge is 0.368 e. The van der Waals surface area contributed by atoms with E-state index in [2.05, 4.69) is 31.3 Å². The molecule has 0 aliphatic carbocycles. The first kappa shape index (κ1) is 23.3. The highest BCUT2D eigenvalue weighted by Crippen LogP contribution is 2.35. The van der Waals surface area contributed by atoms with Crippen molar-refractivity contribution < 1.29 is 13.2 Å². The first-order valence-electron chi connectivity index (χ1n) is 10.3. The second-order valence-corrected chi connectivity index (χ2v) is 10.7. The van der Waals surface area contributed by atoms with E-state index in [1.807, 2.05) is 19.1 Å². The van der Waals surface area contributed by atoms with Gasteiger partial charge in [0.15, 0.2) is 5.82 Å². The topological polar surface area (TPSA) is 103 Å². The van der Waals surface area contributed by atoms with Gasteiger partial charge in [-0.2, -0.15) is 0 Å². The minimum absolute atomic E-state index is 0.0319. The number of benzene rings is 2. The number of sulfonamides is 1. The zero-order chi connectivity index (χ0) is 23.6. The maximum absolute atomic E-state index is 12.6. The van der Waals surface area contributed by atoms with Crippen LogP contribution in [0.4, 0.5) is 22.9 Å². The number of carbonyl (C=O) groups is 1. The van der Waals surface area contributed by atoms with Crippen LogP contribution in [0.5, 0.6) is 0 Å². The van der Waals surface area contributed by atoms with Crippen LogP contribution in [0.1, 0.15) is 18.9 Å². The molecule has 2 heterocycles. The Kier molecular flexibility index (Phi) is 6.78. The third-order valence-corrected chi connectivity index (χ3v) is 7.53. The van der Waals surface area contributed by atoms with Gasteiger partial charge in [-0.05, 0) is 49.2 Å². The third kappa shape index (κ3) is 5.58. The molecule has 11 heteroatoms. The summed E-state index contributed by atoms with van der Waals surface area (Å²) in [5.41, 5.74) is 5.10. The van der Waals surface area contributed by atoms with E-state index in [9.17, 15) is 13.2 Å². The molecule has 0 spiro atoms. The van der Waals surface area contributed by atoms with Crippen LogP contribution in [-0.2, 0) is 14.8 Å². The molecule has 1 fully saturated rings. The SMILES string of the molecule is CC(=O)N[C@@H]1CCN(c2cc(C)ccc2Nc2ccc(S(=O)(=O)Nc3cscn3)cc2Cl)C1. The summed E-state index contributed by atoms with van der Waals surface area (Å²) in [6.45, 7) is 5.08. The van der Waals surface area contributed by atoms with E-state index < -0.39 is 10.0 Å². The molecule has 1 aliphatic rings. The standard InChI is InChI=1S/C22H24ClN5O3S2/c1-14-3-5-20(21(9-14)28-8-7-16(11-28)25-15(2)29)26-19-6-4-17(10-18(19)23)33(30,31)27-22-12-32-13-24-22/h3-6,9-10,12-13,16,26-27H,7-8,11H2,1-2H3,(H,25,29)/t16-/m1/s1. The maximum atomic E-state index is 12.6. The second-order valence-electron chi connectivity index (χ2n) is 7.90. The van der Waals surface area contributed by atoms with E-state index in [1.165, 1.54) is 30.4 Å². The average Bonchev–Trinajstić information content (AvgIpc) is 3.42. The molecular formula is C22H24ClN5O3S2. The van der Waals surface area contributed by atoms with Crippen molar-refractivity contribution in [1.29, 1.82) is 0 Å². The van der Waals surface area contributed by atoms with Crippen LogP contribution in [0.25, 0.3) is 0 Å². The summed E-state index contributed by atoms with van der Waals surface area (Å²) < 4.78 is 27.7. The third-order valence-electron chi connectivity index (χ3n) is 5.28. The van der Waals surface area contributed by atoms with Crippen LogP contribution < -0.4 is 20.3 Å². The molecule has 0 radical (unpaired) electrons. The number of carbonyl (C=O) groups excluding carboxylic acids is 1. The minimum Gasteiger partial charge on any atom is -0.368 e. The van der Waals surface area contributed by atoms with Crippen LogP contribution >= 0.6 is 22.9 Å². The van der Waals surface area contributed by atoms with Gasteiger partial charge in [0.1, 0.15) is 0 Å². The summed E-state index contributed by atoms with van der Waals surface area (Å²) in [5.74, 6) is 0.237. The average molecular weight is 506 g/mol. The summed E-state index contributed by atoms with van der Waals surface area (Å²) in [4.78, 5) is 17.6. The van der Waals surface area contributed by atoms with Crippen LogP contribution in [0.2, 0.25) is 5.02 Å². The molecule has 3 aromatic rings. The number of hydrogen-bond acceptors (Lipinski definition) is 7. The Balaban J connectivity index is 1.55. The first-order chi connectivity index (χ1) is 15.7. The molecule has 0 bridgehead atoms. The molecule has 1 amide bonds. The highest BCUT2D eigenvalue weighted by Gasteiger charge is 2.25. The zero-order valence-electron chi connectivity index (χ0n) is 18.1. The number of nitrogens with one attached hydrogen (secondary N) is 3. The zero-order valence-corrected chi connectivity index (χ0v) is 20.5. The fourth-order valence-corrected chi connectivity index (χ4v) is 5.64. The Morgan fingerprint density at radius 3 is 2.70 bits per heavy atom. The fourth-order valence-electron chi connectivity index (χ4n) is 3.76. The number of aryl methyl sites for hydroxylation is 1. The van der Waals surface area contributed by atoms with Gasteiger partial charge in [0.2, 0.25) is 5.91 Å². The predicted molar refractivity (Wildman–Crippen MR) is 133 cm³/mol. The molecular weight excluding hydrogens is 482 g/mol. The van der Waals surface area contributed by atoms with Gasteiger partial charge in [-0.3, -0.25) is 9.52 Å². The molecule has 0 saturated carbocycles. The van der Waals surface area contributed by atoms with E-state index in [0.717, 1.165) is 29.9 Å². The fraction of sp³-hybridized carbons (Fsp3) is 0.273. The van der Waals surface area contributed by atoms with Crippen molar-refractivity contribution >= 4 is 61.7 Å². The van der Waals surface area contributed by atoms with E-state index in [1.54, 1.807) is 17.0 Å². The van der Waals surface area contributed by atoms with Gasteiger partial charge in [-0.15, -0.1) is 11.3 Å². The molecule has 3 N–H and O–H groups in total. The van der Waals surface area contributed by atoms with E-state index in [0.29, 0.717) is 12.2 Å². The van der Waals surface area contributed by atoms with Gasteiger partial charge >= 0.3 is 0 Å². The van der Waals surface area contributed by atoms with Gasteiger partial charge in [0, 0.05) is 31.4 Å². The number of amides is 1. The maximum Gasteiger partial charge on any atom is 0.263 e. The van der Waals surface area contributed by atoms with Crippen molar-refractivity contribution in [2.24, 2.45) is 0 Å². The lowest BCUT2D eigenvalue weighted by atomic mass is 10.1. The van der Waals surface area contributed by atoms with Gasteiger partial charge in [-0.25, -0.2) is 13.4 Å². The van der Waals surface area contributed by atoms with E-state index in [-0.39, 0.29) is 27.7 Å². The normalized spacial score (nSPS) is 16.0.